The van der Waals surface area contributed by atoms with Crippen molar-refractivity contribution in [2.24, 2.45) is 11.1 Å². The van der Waals surface area contributed by atoms with Crippen LogP contribution in [-0.4, -0.2) is 92.5 Å². The molecule has 0 radical (unpaired) electrons. The third kappa shape index (κ3) is 7.96. The maximum absolute atomic E-state index is 12.7. The second kappa shape index (κ2) is 13.5. The van der Waals surface area contributed by atoms with Gasteiger partial charge in [0.05, 0.1) is 6.10 Å². The number of benzene rings is 1. The standard InChI is InChI=1S/C28H39N7O4/c1-19(2)13-25(33-39)28(38)35-11-8-22(9-12-35)32-26-14-24(30-18-31-26)27(37)29-15-23(36)17-34-10-7-20-5-3-4-6-21(20)16-34/h3-6,14,18-19,22-23,36,39H,7-13,15-17H2,1-2H3,(H,29,37)(H,30,31,32)/b33-25-/t23-/m0/s1. The van der Waals surface area contributed by atoms with Crippen LogP contribution in [0.2, 0.25) is 0 Å². The molecule has 0 aliphatic carbocycles. The molecule has 2 aromatic rings. The van der Waals surface area contributed by atoms with Gasteiger partial charge in [-0.1, -0.05) is 43.3 Å². The lowest BCUT2D eigenvalue weighted by Gasteiger charge is -2.32. The van der Waals surface area contributed by atoms with Gasteiger partial charge in [-0.25, -0.2) is 9.97 Å². The van der Waals surface area contributed by atoms with Crippen molar-refractivity contribution in [3.8, 4) is 0 Å². The number of hydrogen-bond donors (Lipinski definition) is 4. The lowest BCUT2D eigenvalue weighted by Crippen LogP contribution is -2.45. The van der Waals surface area contributed by atoms with E-state index in [1.807, 2.05) is 19.9 Å². The fourth-order valence-corrected chi connectivity index (χ4v) is 5.11. The first-order valence-electron chi connectivity index (χ1n) is 13.7. The van der Waals surface area contributed by atoms with Crippen molar-refractivity contribution in [1.82, 2.24) is 25.1 Å². The molecule has 2 aliphatic heterocycles. The molecule has 4 rings (SSSR count). The minimum absolute atomic E-state index is 0.0796. The van der Waals surface area contributed by atoms with Crippen molar-refractivity contribution < 1.29 is 19.9 Å². The Balaban J connectivity index is 1.21. The molecule has 39 heavy (non-hydrogen) atoms. The topological polar surface area (TPSA) is 143 Å². The number of likely N-dealkylation sites (tertiary alicyclic amines) is 1. The SMILES string of the molecule is CC(C)C/C(=N/O)C(=O)N1CCC(Nc2cc(C(=O)NC[C@H](O)CN3CCc4ccccc4C3)ncn2)CC1. The van der Waals surface area contributed by atoms with Crippen LogP contribution in [0.1, 0.15) is 54.7 Å². The number of aliphatic hydroxyl groups is 1. The van der Waals surface area contributed by atoms with Gasteiger partial charge < -0.3 is 25.8 Å². The number of nitrogens with one attached hydrogen (secondary N) is 2. The van der Waals surface area contributed by atoms with Gasteiger partial charge in [0.2, 0.25) is 0 Å². The zero-order valence-electron chi connectivity index (χ0n) is 22.7. The van der Waals surface area contributed by atoms with Crippen LogP contribution in [0.3, 0.4) is 0 Å². The van der Waals surface area contributed by atoms with Crippen LogP contribution in [0.4, 0.5) is 5.82 Å². The summed E-state index contributed by atoms with van der Waals surface area (Å²) in [5.41, 5.74) is 3.05. The number of piperidine rings is 1. The number of nitrogens with zero attached hydrogens (tertiary/aromatic N) is 5. The average Bonchev–Trinajstić information content (AvgIpc) is 2.94. The van der Waals surface area contributed by atoms with Crippen molar-refractivity contribution >= 4 is 23.3 Å². The molecule has 11 nitrogen and oxygen atoms in total. The van der Waals surface area contributed by atoms with E-state index < -0.39 is 6.10 Å². The van der Waals surface area contributed by atoms with Crippen molar-refractivity contribution in [1.29, 1.82) is 0 Å². The van der Waals surface area contributed by atoms with Crippen LogP contribution in [0.15, 0.2) is 41.8 Å². The molecule has 210 valence electrons. The molecule has 0 bridgehead atoms. The highest BCUT2D eigenvalue weighted by Crippen LogP contribution is 2.19. The van der Waals surface area contributed by atoms with Crippen LogP contribution < -0.4 is 10.6 Å². The Kier molecular flexibility index (Phi) is 9.83. The molecular formula is C28H39N7O4. The van der Waals surface area contributed by atoms with Gasteiger partial charge in [0.15, 0.2) is 0 Å². The van der Waals surface area contributed by atoms with Gasteiger partial charge >= 0.3 is 0 Å². The molecule has 11 heteroatoms. The zero-order valence-corrected chi connectivity index (χ0v) is 22.7. The number of anilines is 1. The number of β-amino-alcohol motifs (C(OH)–C–C–N with tert-alkyl or cyclic N) is 1. The van der Waals surface area contributed by atoms with Gasteiger partial charge in [-0.3, -0.25) is 14.5 Å². The third-order valence-electron chi connectivity index (χ3n) is 7.18. The summed E-state index contributed by atoms with van der Waals surface area (Å²) in [4.78, 5) is 37.6. The highest BCUT2D eigenvalue weighted by atomic mass is 16.4. The summed E-state index contributed by atoms with van der Waals surface area (Å²) in [5, 5.41) is 29.1. The van der Waals surface area contributed by atoms with Gasteiger partial charge in [0.1, 0.15) is 23.6 Å². The third-order valence-corrected chi connectivity index (χ3v) is 7.18. The minimum Gasteiger partial charge on any atom is -0.410 e. The summed E-state index contributed by atoms with van der Waals surface area (Å²) in [6.07, 6.45) is 3.44. The van der Waals surface area contributed by atoms with Crippen LogP contribution in [0, 0.1) is 5.92 Å². The molecule has 4 N–H and O–H groups in total. The van der Waals surface area contributed by atoms with Gasteiger partial charge in [-0.15, -0.1) is 0 Å². The number of hydrogen-bond acceptors (Lipinski definition) is 9. The van der Waals surface area contributed by atoms with E-state index in [0.29, 0.717) is 44.7 Å². The first-order valence-corrected chi connectivity index (χ1v) is 13.7. The van der Waals surface area contributed by atoms with Gasteiger partial charge in [0.25, 0.3) is 11.8 Å². The molecule has 1 aromatic carbocycles. The summed E-state index contributed by atoms with van der Waals surface area (Å²) in [6, 6.07) is 10.0. The second-order valence-corrected chi connectivity index (χ2v) is 10.8. The summed E-state index contributed by atoms with van der Waals surface area (Å²) in [6.45, 7) is 7.30. The van der Waals surface area contributed by atoms with Crippen molar-refractivity contribution in [3.63, 3.8) is 0 Å². The molecule has 2 aliphatic rings. The second-order valence-electron chi connectivity index (χ2n) is 10.8. The number of aromatic nitrogens is 2. The van der Waals surface area contributed by atoms with E-state index in [1.54, 1.807) is 11.0 Å². The predicted octanol–water partition coefficient (Wildman–Crippen LogP) is 1.90. The maximum atomic E-state index is 12.7. The lowest BCUT2D eigenvalue weighted by atomic mass is 10.00. The Morgan fingerprint density at radius 1 is 1.13 bits per heavy atom. The van der Waals surface area contributed by atoms with E-state index in [-0.39, 0.29) is 41.7 Å². The van der Waals surface area contributed by atoms with Gasteiger partial charge in [-0.05, 0) is 36.3 Å². The number of carbonyl (C=O) groups is 2. The fourth-order valence-electron chi connectivity index (χ4n) is 5.11. The number of amides is 2. The Morgan fingerprint density at radius 2 is 1.87 bits per heavy atom. The summed E-state index contributed by atoms with van der Waals surface area (Å²) in [5.74, 6) is 0.159. The fraction of sp³-hybridized carbons (Fsp3) is 0.536. The largest absolute Gasteiger partial charge is 0.410 e. The van der Waals surface area contributed by atoms with Gasteiger partial charge in [-0.2, -0.15) is 0 Å². The summed E-state index contributed by atoms with van der Waals surface area (Å²) >= 11 is 0. The van der Waals surface area contributed by atoms with Crippen LogP contribution >= 0.6 is 0 Å². The van der Waals surface area contributed by atoms with E-state index >= 15 is 0 Å². The highest BCUT2D eigenvalue weighted by Gasteiger charge is 2.27. The van der Waals surface area contributed by atoms with Crippen molar-refractivity contribution in [3.05, 3.63) is 53.5 Å². The molecule has 0 spiro atoms. The molecule has 2 amide bonds. The van der Waals surface area contributed by atoms with Crippen molar-refractivity contribution in [2.75, 3.05) is 38.0 Å². The van der Waals surface area contributed by atoms with Crippen molar-refractivity contribution in [2.45, 2.75) is 58.2 Å². The predicted molar refractivity (Wildman–Crippen MR) is 148 cm³/mol. The zero-order chi connectivity index (χ0) is 27.8. The Bertz CT molecular complexity index is 1160. The van der Waals surface area contributed by atoms with Crippen LogP contribution in [-0.2, 0) is 17.8 Å². The molecule has 0 unspecified atom stereocenters. The number of oxime groups is 1. The summed E-state index contributed by atoms with van der Waals surface area (Å²) in [7, 11) is 0. The lowest BCUT2D eigenvalue weighted by molar-refractivity contribution is -0.125. The average molecular weight is 538 g/mol. The van der Waals surface area contributed by atoms with Crippen LogP contribution in [0.25, 0.3) is 0 Å². The molecule has 1 atom stereocenters. The molecule has 3 heterocycles. The Morgan fingerprint density at radius 3 is 2.59 bits per heavy atom. The molecule has 1 saturated heterocycles. The van der Waals surface area contributed by atoms with E-state index in [4.69, 9.17) is 0 Å². The first kappa shape index (κ1) is 28.4. The Labute approximate surface area is 229 Å². The number of aliphatic hydroxyl groups excluding tert-OH is 1. The smallest absolute Gasteiger partial charge is 0.271 e. The molecule has 1 fully saturated rings. The number of fused-ring (bicyclic) bond motifs is 1. The monoisotopic (exact) mass is 537 g/mol. The van der Waals surface area contributed by atoms with E-state index in [0.717, 1.165) is 19.5 Å². The highest BCUT2D eigenvalue weighted by molar-refractivity contribution is 6.38. The number of rotatable bonds is 10. The molecule has 0 saturated carbocycles. The maximum Gasteiger partial charge on any atom is 0.271 e. The van der Waals surface area contributed by atoms with E-state index in [2.05, 4.69) is 48.9 Å². The molecular weight excluding hydrogens is 498 g/mol. The number of carbonyl (C=O) groups excluding carboxylic acids is 2. The first-order chi connectivity index (χ1) is 18.8. The van der Waals surface area contributed by atoms with E-state index in [1.165, 1.54) is 17.5 Å². The van der Waals surface area contributed by atoms with E-state index in [9.17, 15) is 19.9 Å². The Hall–Kier alpha value is -3.57. The van der Waals surface area contributed by atoms with Crippen LogP contribution in [0.5, 0.6) is 0 Å². The summed E-state index contributed by atoms with van der Waals surface area (Å²) < 4.78 is 0. The van der Waals surface area contributed by atoms with Gasteiger partial charge in [0, 0.05) is 57.8 Å². The minimum atomic E-state index is -0.691. The normalized spacial score (nSPS) is 17.5. The molecule has 1 aromatic heterocycles. The quantitative estimate of drug-likeness (QED) is 0.204.